The maximum atomic E-state index is 11.9. The zero-order valence-electron chi connectivity index (χ0n) is 13.1. The summed E-state index contributed by atoms with van der Waals surface area (Å²) in [4.78, 5) is 12.9. The van der Waals surface area contributed by atoms with Gasteiger partial charge >= 0.3 is 0 Å². The highest BCUT2D eigenvalue weighted by molar-refractivity contribution is 8.00. The fourth-order valence-corrected chi connectivity index (χ4v) is 2.85. The molecule has 0 aliphatic carbocycles. The lowest BCUT2D eigenvalue weighted by molar-refractivity contribution is -0.119. The zero-order chi connectivity index (χ0) is 15.7. The van der Waals surface area contributed by atoms with Gasteiger partial charge in [0.1, 0.15) is 5.75 Å². The van der Waals surface area contributed by atoms with Crippen LogP contribution in [-0.4, -0.2) is 24.8 Å². The smallest absolute Gasteiger partial charge is 0.230 e. The number of hydrogen-bond donors (Lipinski definition) is 2. The molecule has 1 unspecified atom stereocenters. The highest BCUT2D eigenvalue weighted by Gasteiger charge is 2.10. The van der Waals surface area contributed by atoms with Crippen molar-refractivity contribution in [3.05, 3.63) is 18.2 Å². The first-order chi connectivity index (χ1) is 10.1. The van der Waals surface area contributed by atoms with Gasteiger partial charge in [-0.3, -0.25) is 4.79 Å². The minimum atomic E-state index is 0.0582. The fraction of sp³-hybridized carbons (Fsp3) is 0.562. The van der Waals surface area contributed by atoms with Gasteiger partial charge in [-0.25, -0.2) is 0 Å². The molecule has 0 heterocycles. The number of nitrogens with one attached hydrogen (secondary N) is 1. The molecule has 0 saturated carbocycles. The predicted molar refractivity (Wildman–Crippen MR) is 89.9 cm³/mol. The third-order valence-corrected chi connectivity index (χ3v) is 4.25. The molecule has 21 heavy (non-hydrogen) atoms. The molecule has 0 fully saturated rings. The van der Waals surface area contributed by atoms with E-state index in [9.17, 15) is 4.79 Å². The third kappa shape index (κ3) is 6.76. The summed E-state index contributed by atoms with van der Waals surface area (Å²) in [5.74, 6) is 1.16. The number of rotatable bonds is 9. The second kappa shape index (κ2) is 9.55. The first-order valence-corrected chi connectivity index (χ1v) is 8.41. The van der Waals surface area contributed by atoms with E-state index < -0.39 is 0 Å². The van der Waals surface area contributed by atoms with Crippen LogP contribution >= 0.6 is 11.8 Å². The van der Waals surface area contributed by atoms with Gasteiger partial charge in [0, 0.05) is 22.7 Å². The van der Waals surface area contributed by atoms with Crippen molar-refractivity contribution >= 4 is 23.4 Å². The van der Waals surface area contributed by atoms with Gasteiger partial charge in [-0.05, 0) is 25.5 Å². The first-order valence-electron chi connectivity index (χ1n) is 7.42. The highest BCUT2D eigenvalue weighted by atomic mass is 32.2. The Morgan fingerprint density at radius 2 is 2.19 bits per heavy atom. The first kappa shape index (κ1) is 17.7. The Balaban J connectivity index is 2.39. The quantitative estimate of drug-likeness (QED) is 0.416. The van der Waals surface area contributed by atoms with Crippen molar-refractivity contribution in [3.8, 4) is 5.75 Å². The number of thioether (sulfide) groups is 1. The lowest BCUT2D eigenvalue weighted by Crippen LogP contribution is -2.33. The molecule has 3 N–H and O–H groups in total. The second-order valence-corrected chi connectivity index (χ2v) is 6.18. The molecular formula is C16H26N2O2S. The molecule has 0 aliphatic rings. The SMILES string of the molecule is CCCCCC(C)NC(=O)CSc1ccc(N)cc1OC. The monoisotopic (exact) mass is 310 g/mol. The average Bonchev–Trinajstić information content (AvgIpc) is 2.46. The van der Waals surface area contributed by atoms with Crippen molar-refractivity contribution in [2.24, 2.45) is 0 Å². The van der Waals surface area contributed by atoms with Gasteiger partial charge in [0.2, 0.25) is 5.91 Å². The van der Waals surface area contributed by atoms with E-state index in [1.54, 1.807) is 13.2 Å². The van der Waals surface area contributed by atoms with Crippen LogP contribution < -0.4 is 15.8 Å². The van der Waals surface area contributed by atoms with Crippen LogP contribution in [0.25, 0.3) is 0 Å². The number of ether oxygens (including phenoxy) is 1. The highest BCUT2D eigenvalue weighted by Crippen LogP contribution is 2.30. The fourth-order valence-electron chi connectivity index (χ4n) is 2.04. The molecule has 1 rings (SSSR count). The predicted octanol–water partition coefficient (Wildman–Crippen LogP) is 3.45. The van der Waals surface area contributed by atoms with Crippen LogP contribution in [0.5, 0.6) is 5.75 Å². The number of unbranched alkanes of at least 4 members (excludes halogenated alkanes) is 2. The number of nitrogen functional groups attached to an aromatic ring is 1. The van der Waals surface area contributed by atoms with Crippen molar-refractivity contribution in [1.29, 1.82) is 0 Å². The van der Waals surface area contributed by atoms with E-state index in [2.05, 4.69) is 19.2 Å². The molecule has 0 bridgehead atoms. The topological polar surface area (TPSA) is 64.4 Å². The molecule has 1 amide bonds. The van der Waals surface area contributed by atoms with Crippen LogP contribution in [0.15, 0.2) is 23.1 Å². The number of amides is 1. The average molecular weight is 310 g/mol. The Hall–Kier alpha value is -1.36. The second-order valence-electron chi connectivity index (χ2n) is 5.16. The number of carbonyl (C=O) groups excluding carboxylic acids is 1. The normalized spacial score (nSPS) is 12.0. The van der Waals surface area contributed by atoms with Crippen LogP contribution in [0.1, 0.15) is 39.5 Å². The summed E-state index contributed by atoms with van der Waals surface area (Å²) in [5.41, 5.74) is 6.37. The minimum absolute atomic E-state index is 0.0582. The van der Waals surface area contributed by atoms with Gasteiger partial charge in [0.15, 0.2) is 0 Å². The van der Waals surface area contributed by atoms with Crippen molar-refractivity contribution in [3.63, 3.8) is 0 Å². The van der Waals surface area contributed by atoms with Crippen molar-refractivity contribution < 1.29 is 9.53 Å². The molecule has 0 aliphatic heterocycles. The van der Waals surface area contributed by atoms with Crippen LogP contribution in [0, 0.1) is 0 Å². The molecule has 0 spiro atoms. The molecule has 4 nitrogen and oxygen atoms in total. The molecule has 5 heteroatoms. The van der Waals surface area contributed by atoms with E-state index in [-0.39, 0.29) is 11.9 Å². The number of carbonyl (C=O) groups is 1. The van der Waals surface area contributed by atoms with E-state index >= 15 is 0 Å². The number of methoxy groups -OCH3 is 1. The van der Waals surface area contributed by atoms with Crippen molar-refractivity contribution in [1.82, 2.24) is 5.32 Å². The summed E-state index contributed by atoms with van der Waals surface area (Å²) < 4.78 is 5.27. The largest absolute Gasteiger partial charge is 0.496 e. The van der Waals surface area contributed by atoms with Gasteiger partial charge in [0.25, 0.3) is 0 Å². The number of benzene rings is 1. The summed E-state index contributed by atoms with van der Waals surface area (Å²) >= 11 is 1.47. The molecule has 0 radical (unpaired) electrons. The lowest BCUT2D eigenvalue weighted by atomic mass is 10.1. The molecule has 1 atom stereocenters. The van der Waals surface area contributed by atoms with Crippen LogP contribution in [0.4, 0.5) is 5.69 Å². The lowest BCUT2D eigenvalue weighted by Gasteiger charge is -2.14. The van der Waals surface area contributed by atoms with E-state index in [0.717, 1.165) is 17.7 Å². The van der Waals surface area contributed by atoms with E-state index in [1.165, 1.54) is 24.6 Å². The summed E-state index contributed by atoms with van der Waals surface area (Å²) in [7, 11) is 1.61. The van der Waals surface area contributed by atoms with Gasteiger partial charge in [0.05, 0.1) is 12.9 Å². The van der Waals surface area contributed by atoms with E-state index in [0.29, 0.717) is 17.2 Å². The number of anilines is 1. The third-order valence-electron chi connectivity index (χ3n) is 3.19. The number of hydrogen-bond acceptors (Lipinski definition) is 4. The van der Waals surface area contributed by atoms with E-state index in [4.69, 9.17) is 10.5 Å². The van der Waals surface area contributed by atoms with Crippen molar-refractivity contribution in [2.75, 3.05) is 18.6 Å². The summed E-state index contributed by atoms with van der Waals surface area (Å²) in [6, 6.07) is 5.71. The van der Waals surface area contributed by atoms with Crippen LogP contribution in [0.3, 0.4) is 0 Å². The van der Waals surface area contributed by atoms with Gasteiger partial charge < -0.3 is 15.8 Å². The van der Waals surface area contributed by atoms with Crippen LogP contribution in [-0.2, 0) is 4.79 Å². The van der Waals surface area contributed by atoms with Gasteiger partial charge in [-0.1, -0.05) is 26.2 Å². The Labute approximate surface area is 131 Å². The standard InChI is InChI=1S/C16H26N2O2S/c1-4-5-6-7-12(2)18-16(19)11-21-15-9-8-13(17)10-14(15)20-3/h8-10,12H,4-7,11,17H2,1-3H3,(H,18,19). The van der Waals surface area contributed by atoms with Crippen molar-refractivity contribution in [2.45, 2.75) is 50.5 Å². The van der Waals surface area contributed by atoms with Gasteiger partial charge in [-0.15, -0.1) is 11.8 Å². The molecule has 0 aromatic heterocycles. The van der Waals surface area contributed by atoms with Crippen LogP contribution in [0.2, 0.25) is 0 Å². The summed E-state index contributed by atoms with van der Waals surface area (Å²) in [6.45, 7) is 4.24. The van der Waals surface area contributed by atoms with Gasteiger partial charge in [-0.2, -0.15) is 0 Å². The molecule has 0 saturated heterocycles. The number of nitrogens with two attached hydrogens (primary N) is 1. The molecule has 1 aromatic carbocycles. The maximum absolute atomic E-state index is 11.9. The molecule has 1 aromatic rings. The van der Waals surface area contributed by atoms with E-state index in [1.807, 2.05) is 12.1 Å². The zero-order valence-corrected chi connectivity index (χ0v) is 14.0. The Morgan fingerprint density at radius 1 is 1.43 bits per heavy atom. The molecule has 118 valence electrons. The summed E-state index contributed by atoms with van der Waals surface area (Å²) in [5, 5.41) is 3.03. The Bertz CT molecular complexity index is 452. The Kier molecular flexibility index (Phi) is 8.05. The summed E-state index contributed by atoms with van der Waals surface area (Å²) in [6.07, 6.45) is 4.62. The Morgan fingerprint density at radius 3 is 2.86 bits per heavy atom. The minimum Gasteiger partial charge on any atom is -0.496 e. The maximum Gasteiger partial charge on any atom is 0.230 e. The molecular weight excluding hydrogens is 284 g/mol.